The summed E-state index contributed by atoms with van der Waals surface area (Å²) in [6, 6.07) is 22.0. The van der Waals surface area contributed by atoms with Gasteiger partial charge >= 0.3 is 0 Å². The van der Waals surface area contributed by atoms with Crippen LogP contribution in [0.15, 0.2) is 72.8 Å². The fourth-order valence-electron chi connectivity index (χ4n) is 4.28. The number of rotatable bonds is 9. The smallest absolute Gasteiger partial charge is 0.251 e. The van der Waals surface area contributed by atoms with E-state index in [0.29, 0.717) is 22.8 Å². The van der Waals surface area contributed by atoms with Crippen molar-refractivity contribution in [1.82, 2.24) is 10.2 Å². The van der Waals surface area contributed by atoms with E-state index in [-0.39, 0.29) is 12.5 Å². The van der Waals surface area contributed by atoms with E-state index in [2.05, 4.69) is 22.3 Å². The van der Waals surface area contributed by atoms with Gasteiger partial charge in [-0.3, -0.25) is 14.0 Å². The highest BCUT2D eigenvalue weighted by Crippen LogP contribution is 2.24. The van der Waals surface area contributed by atoms with Crippen molar-refractivity contribution in [3.63, 3.8) is 0 Å². The Balaban J connectivity index is 1.37. The molecular formula is C27H30ClN3O3S. The van der Waals surface area contributed by atoms with Crippen LogP contribution < -0.4 is 9.62 Å². The van der Waals surface area contributed by atoms with Crippen molar-refractivity contribution < 1.29 is 13.2 Å². The molecular weight excluding hydrogens is 482 g/mol. The average Bonchev–Trinajstić information content (AvgIpc) is 3.34. The molecule has 0 bridgehead atoms. The first kappa shape index (κ1) is 25.2. The van der Waals surface area contributed by atoms with Gasteiger partial charge in [-0.1, -0.05) is 54.1 Å². The third-order valence-corrected chi connectivity index (χ3v) is 7.46. The summed E-state index contributed by atoms with van der Waals surface area (Å²) < 4.78 is 26.1. The standard InChI is InChI=1S/C27H30ClN3O3S/c1-35(33,34)31(26-9-5-8-25(28)17-26)20-21-10-12-24(13-11-21)27(32)29-18-22-6-4-7-23(16-22)19-30-14-2-3-15-30/h4-13,16-17H,2-3,14-15,18-20H2,1H3,(H,29,32). The topological polar surface area (TPSA) is 69.7 Å². The molecule has 3 aromatic rings. The molecule has 8 heteroatoms. The molecule has 4 rings (SSSR count). The third kappa shape index (κ3) is 7.07. The lowest BCUT2D eigenvalue weighted by molar-refractivity contribution is 0.0951. The Labute approximate surface area is 212 Å². The summed E-state index contributed by atoms with van der Waals surface area (Å²) in [4.78, 5) is 15.1. The van der Waals surface area contributed by atoms with Crippen molar-refractivity contribution in [2.45, 2.75) is 32.5 Å². The minimum atomic E-state index is -3.52. The molecule has 0 atom stereocenters. The summed E-state index contributed by atoms with van der Waals surface area (Å²) in [5, 5.41) is 3.44. The summed E-state index contributed by atoms with van der Waals surface area (Å²) in [7, 11) is -3.52. The average molecular weight is 512 g/mol. The Kier molecular flexibility index (Phi) is 8.11. The van der Waals surface area contributed by atoms with E-state index in [4.69, 9.17) is 11.6 Å². The number of nitrogens with zero attached hydrogens (tertiary/aromatic N) is 2. The number of benzene rings is 3. The van der Waals surface area contributed by atoms with Crippen LogP contribution in [0.25, 0.3) is 0 Å². The molecule has 3 aromatic carbocycles. The van der Waals surface area contributed by atoms with Gasteiger partial charge in [0.2, 0.25) is 10.0 Å². The molecule has 0 saturated carbocycles. The second-order valence-electron chi connectivity index (χ2n) is 8.93. The molecule has 0 spiro atoms. The fraction of sp³-hybridized carbons (Fsp3) is 0.296. The van der Waals surface area contributed by atoms with E-state index >= 15 is 0 Å². The van der Waals surface area contributed by atoms with Crippen LogP contribution in [0, 0.1) is 0 Å². The molecule has 184 valence electrons. The van der Waals surface area contributed by atoms with Gasteiger partial charge in [0.1, 0.15) is 0 Å². The summed E-state index contributed by atoms with van der Waals surface area (Å²) >= 11 is 6.05. The van der Waals surface area contributed by atoms with E-state index in [1.54, 1.807) is 48.5 Å². The second-order valence-corrected chi connectivity index (χ2v) is 11.3. The van der Waals surface area contributed by atoms with Crippen LogP contribution in [-0.4, -0.2) is 38.6 Å². The largest absolute Gasteiger partial charge is 0.348 e. The van der Waals surface area contributed by atoms with Gasteiger partial charge in [-0.2, -0.15) is 0 Å². The van der Waals surface area contributed by atoms with Gasteiger partial charge in [-0.15, -0.1) is 0 Å². The first-order valence-electron chi connectivity index (χ1n) is 11.7. The normalized spacial score (nSPS) is 14.1. The van der Waals surface area contributed by atoms with Gasteiger partial charge in [0.15, 0.2) is 0 Å². The zero-order chi connectivity index (χ0) is 24.8. The lowest BCUT2D eigenvalue weighted by Crippen LogP contribution is -2.29. The lowest BCUT2D eigenvalue weighted by Gasteiger charge is -2.22. The quantitative estimate of drug-likeness (QED) is 0.446. The molecule has 1 aliphatic heterocycles. The lowest BCUT2D eigenvalue weighted by atomic mass is 10.1. The molecule has 0 unspecified atom stereocenters. The van der Waals surface area contributed by atoms with Gasteiger partial charge < -0.3 is 5.32 Å². The molecule has 6 nitrogen and oxygen atoms in total. The summed E-state index contributed by atoms with van der Waals surface area (Å²) in [6.07, 6.45) is 3.69. The van der Waals surface area contributed by atoms with Crippen molar-refractivity contribution in [2.24, 2.45) is 0 Å². The van der Waals surface area contributed by atoms with Crippen molar-refractivity contribution in [1.29, 1.82) is 0 Å². The van der Waals surface area contributed by atoms with Crippen LogP contribution in [0.2, 0.25) is 5.02 Å². The monoisotopic (exact) mass is 511 g/mol. The Morgan fingerprint density at radius 2 is 1.63 bits per heavy atom. The van der Waals surface area contributed by atoms with Crippen LogP contribution in [0.5, 0.6) is 0 Å². The zero-order valence-corrected chi connectivity index (χ0v) is 21.4. The van der Waals surface area contributed by atoms with Gasteiger partial charge in [0, 0.05) is 23.7 Å². The summed E-state index contributed by atoms with van der Waals surface area (Å²) in [5.74, 6) is -0.170. The number of hydrogen-bond donors (Lipinski definition) is 1. The highest BCUT2D eigenvalue weighted by atomic mass is 35.5. The molecule has 1 N–H and O–H groups in total. The van der Waals surface area contributed by atoms with E-state index < -0.39 is 10.0 Å². The number of likely N-dealkylation sites (tertiary alicyclic amines) is 1. The number of halogens is 1. The van der Waals surface area contributed by atoms with Crippen molar-refractivity contribution in [3.05, 3.63) is 100 Å². The minimum Gasteiger partial charge on any atom is -0.348 e. The van der Waals surface area contributed by atoms with Crippen LogP contribution in [0.1, 0.15) is 39.9 Å². The van der Waals surface area contributed by atoms with Crippen LogP contribution in [0.3, 0.4) is 0 Å². The number of sulfonamides is 1. The van der Waals surface area contributed by atoms with Crippen molar-refractivity contribution >= 4 is 33.2 Å². The summed E-state index contributed by atoms with van der Waals surface area (Å²) in [5.41, 5.74) is 4.11. The number of amides is 1. The molecule has 0 aromatic heterocycles. The van der Waals surface area contributed by atoms with E-state index in [9.17, 15) is 13.2 Å². The van der Waals surface area contributed by atoms with Gasteiger partial charge in [0.05, 0.1) is 18.5 Å². The number of carbonyl (C=O) groups excluding carboxylic acids is 1. The number of nitrogens with one attached hydrogen (secondary N) is 1. The molecule has 0 radical (unpaired) electrons. The van der Waals surface area contributed by atoms with E-state index in [1.807, 2.05) is 12.1 Å². The maximum atomic E-state index is 12.7. The zero-order valence-electron chi connectivity index (χ0n) is 19.8. The minimum absolute atomic E-state index is 0.144. The molecule has 1 aliphatic rings. The van der Waals surface area contributed by atoms with Crippen LogP contribution >= 0.6 is 11.6 Å². The fourth-order valence-corrected chi connectivity index (χ4v) is 5.34. The maximum absolute atomic E-state index is 12.7. The highest BCUT2D eigenvalue weighted by molar-refractivity contribution is 7.92. The van der Waals surface area contributed by atoms with E-state index in [0.717, 1.165) is 37.0 Å². The Bertz CT molecular complexity index is 1270. The second kappa shape index (κ2) is 11.2. The van der Waals surface area contributed by atoms with Crippen LogP contribution in [0.4, 0.5) is 5.69 Å². The third-order valence-electron chi connectivity index (χ3n) is 6.09. The summed E-state index contributed by atoms with van der Waals surface area (Å²) in [6.45, 7) is 3.84. The number of anilines is 1. The van der Waals surface area contributed by atoms with Crippen LogP contribution in [-0.2, 0) is 29.7 Å². The molecule has 1 amide bonds. The van der Waals surface area contributed by atoms with Gasteiger partial charge in [-0.05, 0) is 73.0 Å². The van der Waals surface area contributed by atoms with Gasteiger partial charge in [-0.25, -0.2) is 8.42 Å². The molecule has 1 heterocycles. The molecule has 1 fully saturated rings. The highest BCUT2D eigenvalue weighted by Gasteiger charge is 2.18. The first-order valence-corrected chi connectivity index (χ1v) is 13.9. The number of hydrogen-bond acceptors (Lipinski definition) is 4. The first-order chi connectivity index (χ1) is 16.8. The van der Waals surface area contributed by atoms with Crippen molar-refractivity contribution in [2.75, 3.05) is 23.7 Å². The molecule has 0 aliphatic carbocycles. The Morgan fingerprint density at radius 1 is 0.943 bits per heavy atom. The predicted molar refractivity (Wildman–Crippen MR) is 141 cm³/mol. The van der Waals surface area contributed by atoms with Crippen molar-refractivity contribution in [3.8, 4) is 0 Å². The van der Waals surface area contributed by atoms with Gasteiger partial charge in [0.25, 0.3) is 5.91 Å². The Morgan fingerprint density at radius 3 is 2.31 bits per heavy atom. The predicted octanol–water partition coefficient (Wildman–Crippen LogP) is 4.83. The maximum Gasteiger partial charge on any atom is 0.251 e. The molecule has 1 saturated heterocycles. The SMILES string of the molecule is CS(=O)(=O)N(Cc1ccc(C(=O)NCc2cccc(CN3CCCC3)c2)cc1)c1cccc(Cl)c1. The Hall–Kier alpha value is -2.87. The number of carbonyl (C=O) groups is 1. The van der Waals surface area contributed by atoms with E-state index in [1.165, 1.54) is 22.7 Å². The molecule has 35 heavy (non-hydrogen) atoms.